The molecule has 0 fully saturated rings. The van der Waals surface area contributed by atoms with Crippen LogP contribution in [0.25, 0.3) is 0 Å². The Bertz CT molecular complexity index is 404. The standard InChI is InChI=1S/C14H25ClN4O/c1-10(2)19(11(3)4)7-6-16-13-8-12(15)17-14(18-13)9-20-5/h8,10-11H,6-7,9H2,1-5H3,(H,16,17,18). The summed E-state index contributed by atoms with van der Waals surface area (Å²) in [5.74, 6) is 1.33. The number of rotatable bonds is 8. The first-order valence-electron chi connectivity index (χ1n) is 6.96. The molecule has 0 amide bonds. The van der Waals surface area contributed by atoms with Gasteiger partial charge in [0.25, 0.3) is 0 Å². The molecule has 0 unspecified atom stereocenters. The summed E-state index contributed by atoms with van der Waals surface area (Å²) >= 11 is 5.97. The van der Waals surface area contributed by atoms with Gasteiger partial charge in [-0.05, 0) is 27.7 Å². The number of ether oxygens (including phenoxy) is 1. The van der Waals surface area contributed by atoms with Crippen molar-refractivity contribution in [2.45, 2.75) is 46.4 Å². The van der Waals surface area contributed by atoms with E-state index >= 15 is 0 Å². The summed E-state index contributed by atoms with van der Waals surface area (Å²) in [5.41, 5.74) is 0. The van der Waals surface area contributed by atoms with E-state index in [2.05, 4.69) is 47.9 Å². The van der Waals surface area contributed by atoms with Crippen LogP contribution in [0.1, 0.15) is 33.5 Å². The van der Waals surface area contributed by atoms with E-state index < -0.39 is 0 Å². The molecule has 1 heterocycles. The van der Waals surface area contributed by atoms with Crippen molar-refractivity contribution < 1.29 is 4.74 Å². The van der Waals surface area contributed by atoms with Crippen LogP contribution in [0.5, 0.6) is 0 Å². The Kier molecular flexibility index (Phi) is 7.19. The molecule has 20 heavy (non-hydrogen) atoms. The van der Waals surface area contributed by atoms with Crippen LogP contribution < -0.4 is 5.32 Å². The summed E-state index contributed by atoms with van der Waals surface area (Å²) in [7, 11) is 1.61. The van der Waals surface area contributed by atoms with Crippen molar-refractivity contribution in [3.05, 3.63) is 17.0 Å². The van der Waals surface area contributed by atoms with Gasteiger partial charge in [-0.3, -0.25) is 4.90 Å². The lowest BCUT2D eigenvalue weighted by atomic mass is 10.2. The van der Waals surface area contributed by atoms with Gasteiger partial charge in [-0.15, -0.1) is 0 Å². The molecule has 114 valence electrons. The zero-order valence-electron chi connectivity index (χ0n) is 13.0. The SMILES string of the molecule is COCc1nc(Cl)cc(NCCN(C(C)C)C(C)C)n1. The molecule has 0 saturated carbocycles. The molecule has 1 aromatic heterocycles. The minimum Gasteiger partial charge on any atom is -0.377 e. The predicted octanol–water partition coefficient (Wildman–Crippen LogP) is 2.81. The molecule has 1 N–H and O–H groups in total. The Labute approximate surface area is 126 Å². The van der Waals surface area contributed by atoms with Gasteiger partial charge in [-0.1, -0.05) is 11.6 Å². The first kappa shape index (κ1) is 17.1. The quantitative estimate of drug-likeness (QED) is 0.748. The van der Waals surface area contributed by atoms with E-state index in [0.29, 0.717) is 29.7 Å². The molecule has 0 saturated heterocycles. The second kappa shape index (κ2) is 8.39. The van der Waals surface area contributed by atoms with Crippen LogP contribution in [0.2, 0.25) is 5.15 Å². The molecule has 1 rings (SSSR count). The van der Waals surface area contributed by atoms with Crippen LogP contribution in [0, 0.1) is 0 Å². The van der Waals surface area contributed by atoms with E-state index in [1.54, 1.807) is 13.2 Å². The maximum Gasteiger partial charge on any atom is 0.158 e. The minimum absolute atomic E-state index is 0.360. The van der Waals surface area contributed by atoms with E-state index in [1.165, 1.54) is 0 Å². The van der Waals surface area contributed by atoms with Gasteiger partial charge >= 0.3 is 0 Å². The molecule has 0 atom stereocenters. The Balaban J connectivity index is 2.56. The number of nitrogens with zero attached hydrogens (tertiary/aromatic N) is 3. The molecule has 0 radical (unpaired) electrons. The van der Waals surface area contributed by atoms with Crippen molar-refractivity contribution in [2.24, 2.45) is 0 Å². The molecule has 0 spiro atoms. The predicted molar refractivity (Wildman–Crippen MR) is 83.2 cm³/mol. The van der Waals surface area contributed by atoms with Gasteiger partial charge in [0.1, 0.15) is 17.6 Å². The monoisotopic (exact) mass is 300 g/mol. The number of hydrogen-bond acceptors (Lipinski definition) is 5. The van der Waals surface area contributed by atoms with E-state index in [9.17, 15) is 0 Å². The van der Waals surface area contributed by atoms with Crippen LogP contribution in [0.3, 0.4) is 0 Å². The minimum atomic E-state index is 0.360. The van der Waals surface area contributed by atoms with Crippen LogP contribution in [0.15, 0.2) is 6.07 Å². The average Bonchev–Trinajstić information content (AvgIpc) is 2.33. The lowest BCUT2D eigenvalue weighted by Crippen LogP contribution is -2.40. The molecule has 0 aromatic carbocycles. The summed E-state index contributed by atoms with van der Waals surface area (Å²) in [6.07, 6.45) is 0. The maximum absolute atomic E-state index is 5.97. The van der Waals surface area contributed by atoms with Crippen LogP contribution in [-0.2, 0) is 11.3 Å². The lowest BCUT2D eigenvalue weighted by Gasteiger charge is -2.30. The van der Waals surface area contributed by atoms with Crippen molar-refractivity contribution in [1.29, 1.82) is 0 Å². The summed E-state index contributed by atoms with van der Waals surface area (Å²) in [6.45, 7) is 11.0. The molecule has 6 heteroatoms. The summed E-state index contributed by atoms with van der Waals surface area (Å²) in [4.78, 5) is 10.9. The molecule has 0 aliphatic rings. The fourth-order valence-corrected chi connectivity index (χ4v) is 2.38. The summed E-state index contributed by atoms with van der Waals surface area (Å²) < 4.78 is 5.02. The Morgan fingerprint density at radius 2 is 1.90 bits per heavy atom. The van der Waals surface area contributed by atoms with E-state index in [-0.39, 0.29) is 0 Å². The number of hydrogen-bond donors (Lipinski definition) is 1. The van der Waals surface area contributed by atoms with E-state index in [4.69, 9.17) is 16.3 Å². The molecular formula is C14H25ClN4O. The van der Waals surface area contributed by atoms with Crippen molar-refractivity contribution in [3.63, 3.8) is 0 Å². The Hall–Kier alpha value is -0.910. The second-order valence-corrected chi connectivity index (χ2v) is 5.66. The zero-order chi connectivity index (χ0) is 15.1. The van der Waals surface area contributed by atoms with Crippen LogP contribution in [0.4, 0.5) is 5.82 Å². The van der Waals surface area contributed by atoms with E-state index in [1.807, 2.05) is 0 Å². The zero-order valence-corrected chi connectivity index (χ0v) is 13.7. The molecule has 0 aliphatic heterocycles. The van der Waals surface area contributed by atoms with Gasteiger partial charge < -0.3 is 10.1 Å². The summed E-state index contributed by atoms with van der Waals surface area (Å²) in [5, 5.41) is 3.72. The third-order valence-corrected chi connectivity index (χ3v) is 3.21. The van der Waals surface area contributed by atoms with Crippen molar-refractivity contribution in [2.75, 3.05) is 25.5 Å². The van der Waals surface area contributed by atoms with E-state index in [0.717, 1.165) is 18.9 Å². The van der Waals surface area contributed by atoms with Crippen molar-refractivity contribution in [3.8, 4) is 0 Å². The number of halogens is 1. The van der Waals surface area contributed by atoms with Crippen molar-refractivity contribution >= 4 is 17.4 Å². The lowest BCUT2D eigenvalue weighted by molar-refractivity contribution is 0.177. The van der Waals surface area contributed by atoms with Gasteiger partial charge in [0, 0.05) is 38.3 Å². The molecule has 5 nitrogen and oxygen atoms in total. The fourth-order valence-electron chi connectivity index (χ4n) is 2.17. The molecule has 0 bridgehead atoms. The number of nitrogens with one attached hydrogen (secondary N) is 1. The van der Waals surface area contributed by atoms with Gasteiger partial charge in [0.05, 0.1) is 0 Å². The topological polar surface area (TPSA) is 50.3 Å². The van der Waals surface area contributed by atoms with Gasteiger partial charge in [-0.2, -0.15) is 0 Å². The largest absolute Gasteiger partial charge is 0.377 e. The third kappa shape index (κ3) is 5.61. The Morgan fingerprint density at radius 3 is 2.45 bits per heavy atom. The van der Waals surface area contributed by atoms with Gasteiger partial charge in [0.15, 0.2) is 5.82 Å². The van der Waals surface area contributed by atoms with Gasteiger partial charge in [0.2, 0.25) is 0 Å². The van der Waals surface area contributed by atoms with Crippen LogP contribution >= 0.6 is 11.6 Å². The summed E-state index contributed by atoms with van der Waals surface area (Å²) in [6, 6.07) is 2.78. The number of anilines is 1. The highest BCUT2D eigenvalue weighted by molar-refractivity contribution is 6.29. The highest BCUT2D eigenvalue weighted by Gasteiger charge is 2.12. The number of methoxy groups -OCH3 is 1. The average molecular weight is 301 g/mol. The normalized spacial score (nSPS) is 11.7. The first-order chi connectivity index (χ1) is 9.43. The second-order valence-electron chi connectivity index (χ2n) is 5.28. The van der Waals surface area contributed by atoms with Crippen molar-refractivity contribution in [1.82, 2.24) is 14.9 Å². The first-order valence-corrected chi connectivity index (χ1v) is 7.33. The highest BCUT2D eigenvalue weighted by atomic mass is 35.5. The smallest absolute Gasteiger partial charge is 0.158 e. The molecular weight excluding hydrogens is 276 g/mol. The maximum atomic E-state index is 5.97. The van der Waals surface area contributed by atoms with Crippen LogP contribution in [-0.4, -0.2) is 47.2 Å². The fraction of sp³-hybridized carbons (Fsp3) is 0.714. The Morgan fingerprint density at radius 1 is 1.25 bits per heavy atom. The third-order valence-electron chi connectivity index (χ3n) is 3.02. The highest BCUT2D eigenvalue weighted by Crippen LogP contribution is 2.12. The number of aromatic nitrogens is 2. The molecule has 0 aliphatic carbocycles. The van der Waals surface area contributed by atoms with Gasteiger partial charge in [-0.25, -0.2) is 9.97 Å². The molecule has 1 aromatic rings.